The second-order valence-electron chi connectivity index (χ2n) is 7.21. The molecule has 1 spiro atoms. The second kappa shape index (κ2) is 4.84. The minimum atomic E-state index is -0.0988. The third-order valence-corrected chi connectivity index (χ3v) is 5.43. The summed E-state index contributed by atoms with van der Waals surface area (Å²) in [4.78, 5) is 14.7. The molecule has 4 rings (SSSR count). The monoisotopic (exact) mass is 284 g/mol. The zero-order chi connectivity index (χ0) is 14.4. The van der Waals surface area contributed by atoms with E-state index in [1.165, 1.54) is 36.1 Å². The van der Waals surface area contributed by atoms with Crippen molar-refractivity contribution in [2.45, 2.75) is 44.6 Å². The maximum Gasteiger partial charge on any atom is 0.225 e. The van der Waals surface area contributed by atoms with Crippen LogP contribution < -0.4 is 5.32 Å². The van der Waals surface area contributed by atoms with E-state index in [9.17, 15) is 4.79 Å². The molecule has 1 amide bonds. The Bertz CT molecular complexity index is 569. The second-order valence-corrected chi connectivity index (χ2v) is 7.21. The molecule has 1 saturated heterocycles. The van der Waals surface area contributed by atoms with Crippen LogP contribution in [-0.2, 0) is 16.8 Å². The molecule has 21 heavy (non-hydrogen) atoms. The molecule has 1 aromatic carbocycles. The topological polar surface area (TPSA) is 32.3 Å². The van der Waals surface area contributed by atoms with E-state index in [1.807, 2.05) is 0 Å². The van der Waals surface area contributed by atoms with Gasteiger partial charge in [0.15, 0.2) is 0 Å². The number of aryl methyl sites for hydroxylation is 1. The van der Waals surface area contributed by atoms with E-state index in [2.05, 4.69) is 35.3 Å². The summed E-state index contributed by atoms with van der Waals surface area (Å²) in [7, 11) is 0. The van der Waals surface area contributed by atoms with Crippen molar-refractivity contribution in [3.63, 3.8) is 0 Å². The Morgan fingerprint density at radius 3 is 2.76 bits per heavy atom. The Balaban J connectivity index is 1.58. The van der Waals surface area contributed by atoms with Gasteiger partial charge in [0, 0.05) is 19.6 Å². The Morgan fingerprint density at radius 1 is 1.29 bits per heavy atom. The van der Waals surface area contributed by atoms with Crippen LogP contribution in [0.3, 0.4) is 0 Å². The van der Waals surface area contributed by atoms with Crippen molar-refractivity contribution in [2.24, 2.45) is 5.92 Å². The summed E-state index contributed by atoms with van der Waals surface area (Å²) >= 11 is 0. The lowest BCUT2D eigenvalue weighted by atomic mass is 9.75. The number of nitrogens with zero attached hydrogens (tertiary/aromatic N) is 1. The van der Waals surface area contributed by atoms with Gasteiger partial charge in [0.2, 0.25) is 5.91 Å². The molecule has 1 aromatic rings. The number of fused-ring (bicyclic) bond motifs is 2. The van der Waals surface area contributed by atoms with E-state index in [0.717, 1.165) is 31.8 Å². The van der Waals surface area contributed by atoms with Crippen LogP contribution in [0.1, 0.15) is 42.4 Å². The number of carbonyl (C=O) groups excluding carboxylic acids is 1. The average molecular weight is 284 g/mol. The number of benzene rings is 1. The van der Waals surface area contributed by atoms with Crippen LogP contribution in [0, 0.1) is 12.8 Å². The molecule has 0 bridgehead atoms. The van der Waals surface area contributed by atoms with Gasteiger partial charge in [0.25, 0.3) is 0 Å². The Morgan fingerprint density at radius 2 is 2.05 bits per heavy atom. The number of rotatable bonds is 2. The number of carbonyl (C=O) groups is 1. The molecule has 2 fully saturated rings. The maximum atomic E-state index is 12.2. The highest BCUT2D eigenvalue weighted by Crippen LogP contribution is 2.39. The molecule has 0 unspecified atom stereocenters. The molecule has 0 atom stereocenters. The number of likely N-dealkylation sites (tertiary alicyclic amines) is 1. The Hall–Kier alpha value is -1.35. The van der Waals surface area contributed by atoms with Crippen molar-refractivity contribution < 1.29 is 4.79 Å². The van der Waals surface area contributed by atoms with Gasteiger partial charge in [-0.3, -0.25) is 4.79 Å². The summed E-state index contributed by atoms with van der Waals surface area (Å²) in [5, 5.41) is 3.33. The van der Waals surface area contributed by atoms with Gasteiger partial charge < -0.3 is 10.2 Å². The number of amides is 1. The van der Waals surface area contributed by atoms with E-state index in [-0.39, 0.29) is 11.4 Å². The van der Waals surface area contributed by atoms with Crippen LogP contribution in [0.15, 0.2) is 18.2 Å². The summed E-state index contributed by atoms with van der Waals surface area (Å²) in [6, 6.07) is 6.64. The van der Waals surface area contributed by atoms with Crippen molar-refractivity contribution in [3.05, 3.63) is 34.9 Å². The first-order chi connectivity index (χ1) is 10.1. The fourth-order valence-corrected chi connectivity index (χ4v) is 4.06. The molecule has 0 radical (unpaired) electrons. The fourth-order valence-electron chi connectivity index (χ4n) is 4.06. The zero-order valence-electron chi connectivity index (χ0n) is 12.8. The van der Waals surface area contributed by atoms with Crippen molar-refractivity contribution in [1.29, 1.82) is 0 Å². The van der Waals surface area contributed by atoms with Crippen LogP contribution >= 0.6 is 0 Å². The van der Waals surface area contributed by atoms with Gasteiger partial charge in [-0.2, -0.15) is 0 Å². The van der Waals surface area contributed by atoms with E-state index in [0.29, 0.717) is 6.42 Å². The number of hydrogen-bond donors (Lipinski definition) is 1. The molecule has 3 heteroatoms. The standard InChI is InChI=1S/C18H24N2O/c1-13-2-5-16-15(10-13)11-17(21)19-18(16)6-8-20(9-7-18)12-14-3-4-14/h2,5,10,14H,3-4,6-9,11-12H2,1H3,(H,19,21). The average Bonchev–Trinajstić information content (AvgIpc) is 3.25. The lowest BCUT2D eigenvalue weighted by Gasteiger charge is -2.46. The largest absolute Gasteiger partial charge is 0.346 e. The lowest BCUT2D eigenvalue weighted by Crippen LogP contribution is -2.56. The van der Waals surface area contributed by atoms with Crippen LogP contribution in [0.25, 0.3) is 0 Å². The highest BCUT2D eigenvalue weighted by Gasteiger charge is 2.42. The predicted octanol–water partition coefficient (Wildman–Crippen LogP) is 2.37. The highest BCUT2D eigenvalue weighted by molar-refractivity contribution is 5.82. The molecule has 112 valence electrons. The normalized spacial score (nSPS) is 24.7. The highest BCUT2D eigenvalue weighted by atomic mass is 16.1. The minimum absolute atomic E-state index is 0.0988. The van der Waals surface area contributed by atoms with Gasteiger partial charge in [0.05, 0.1) is 12.0 Å². The van der Waals surface area contributed by atoms with E-state index in [1.54, 1.807) is 0 Å². The van der Waals surface area contributed by atoms with Crippen LogP contribution in [0.4, 0.5) is 0 Å². The smallest absolute Gasteiger partial charge is 0.225 e. The number of hydrogen-bond acceptors (Lipinski definition) is 2. The van der Waals surface area contributed by atoms with E-state index in [4.69, 9.17) is 0 Å². The number of piperidine rings is 1. The Kier molecular flexibility index (Phi) is 3.07. The molecular weight excluding hydrogens is 260 g/mol. The van der Waals surface area contributed by atoms with Crippen molar-refractivity contribution in [3.8, 4) is 0 Å². The first-order valence-corrected chi connectivity index (χ1v) is 8.28. The van der Waals surface area contributed by atoms with Crippen molar-refractivity contribution >= 4 is 5.91 Å². The zero-order valence-corrected chi connectivity index (χ0v) is 12.8. The third-order valence-electron chi connectivity index (χ3n) is 5.43. The first-order valence-electron chi connectivity index (χ1n) is 8.28. The molecular formula is C18H24N2O. The number of nitrogens with one attached hydrogen (secondary N) is 1. The van der Waals surface area contributed by atoms with Gasteiger partial charge in [-0.05, 0) is 49.7 Å². The van der Waals surface area contributed by atoms with E-state index < -0.39 is 0 Å². The predicted molar refractivity (Wildman–Crippen MR) is 83.1 cm³/mol. The fraction of sp³-hybridized carbons (Fsp3) is 0.611. The lowest BCUT2D eigenvalue weighted by molar-refractivity contribution is -0.124. The third kappa shape index (κ3) is 2.48. The van der Waals surface area contributed by atoms with E-state index >= 15 is 0 Å². The maximum absolute atomic E-state index is 12.2. The molecule has 1 saturated carbocycles. The van der Waals surface area contributed by atoms with Gasteiger partial charge in [0.1, 0.15) is 0 Å². The van der Waals surface area contributed by atoms with Gasteiger partial charge >= 0.3 is 0 Å². The minimum Gasteiger partial charge on any atom is -0.346 e. The molecule has 2 aliphatic heterocycles. The molecule has 0 aromatic heterocycles. The molecule has 1 N–H and O–H groups in total. The van der Waals surface area contributed by atoms with Crippen LogP contribution in [0.5, 0.6) is 0 Å². The molecule has 1 aliphatic carbocycles. The van der Waals surface area contributed by atoms with Crippen LogP contribution in [-0.4, -0.2) is 30.4 Å². The summed E-state index contributed by atoms with van der Waals surface area (Å²) in [6.07, 6.45) is 5.49. The van der Waals surface area contributed by atoms with Crippen molar-refractivity contribution in [1.82, 2.24) is 10.2 Å². The summed E-state index contributed by atoms with van der Waals surface area (Å²) < 4.78 is 0. The SMILES string of the molecule is Cc1ccc2c(c1)CC(=O)NC21CCN(CC2CC2)CC1. The molecule has 3 nitrogen and oxygen atoms in total. The van der Waals surface area contributed by atoms with Crippen LogP contribution in [0.2, 0.25) is 0 Å². The van der Waals surface area contributed by atoms with Gasteiger partial charge in [-0.15, -0.1) is 0 Å². The van der Waals surface area contributed by atoms with Gasteiger partial charge in [-0.25, -0.2) is 0 Å². The van der Waals surface area contributed by atoms with Gasteiger partial charge in [-0.1, -0.05) is 23.8 Å². The summed E-state index contributed by atoms with van der Waals surface area (Å²) in [5.41, 5.74) is 3.77. The molecule has 3 aliphatic rings. The van der Waals surface area contributed by atoms with Crippen molar-refractivity contribution in [2.75, 3.05) is 19.6 Å². The Labute approximate surface area is 126 Å². The molecule has 2 heterocycles. The first kappa shape index (κ1) is 13.3. The summed E-state index contributed by atoms with van der Waals surface area (Å²) in [6.45, 7) is 5.61. The quantitative estimate of drug-likeness (QED) is 0.904. The summed E-state index contributed by atoms with van der Waals surface area (Å²) in [5.74, 6) is 1.15.